The van der Waals surface area contributed by atoms with Gasteiger partial charge in [-0.3, -0.25) is 4.68 Å². The molecular formula is C18H24ClN5O4. The molecule has 1 amide bonds. The third-order valence-electron chi connectivity index (χ3n) is 4.48. The van der Waals surface area contributed by atoms with Gasteiger partial charge < -0.3 is 20.1 Å². The Hall–Kier alpha value is -2.55. The van der Waals surface area contributed by atoms with E-state index in [1.807, 2.05) is 20.8 Å². The number of piperidine rings is 1. The van der Waals surface area contributed by atoms with Gasteiger partial charge in [-0.1, -0.05) is 11.6 Å². The third-order valence-corrected chi connectivity index (χ3v) is 4.76. The zero-order valence-electron chi connectivity index (χ0n) is 16.4. The number of amides is 1. The molecule has 2 aromatic rings. The van der Waals surface area contributed by atoms with E-state index in [-0.39, 0.29) is 23.6 Å². The maximum Gasteiger partial charge on any atom is 0.410 e. The predicted octanol–water partition coefficient (Wildman–Crippen LogP) is 3.03. The number of fused-ring (bicyclic) bond motifs is 1. The summed E-state index contributed by atoms with van der Waals surface area (Å²) < 4.78 is 12.0. The molecule has 0 spiro atoms. The molecule has 1 fully saturated rings. The number of nitrogen functional groups attached to an aromatic ring is 1. The van der Waals surface area contributed by atoms with Crippen LogP contribution >= 0.6 is 11.6 Å². The molecular weight excluding hydrogens is 386 g/mol. The van der Waals surface area contributed by atoms with Crippen molar-refractivity contribution < 1.29 is 19.1 Å². The van der Waals surface area contributed by atoms with Crippen LogP contribution in [0.3, 0.4) is 0 Å². The number of rotatable bonds is 2. The summed E-state index contributed by atoms with van der Waals surface area (Å²) in [6.07, 6.45) is 2.56. The monoisotopic (exact) mass is 409 g/mol. The van der Waals surface area contributed by atoms with Gasteiger partial charge in [-0.25, -0.2) is 14.6 Å². The number of hydrogen-bond acceptors (Lipinski definition) is 7. The van der Waals surface area contributed by atoms with Crippen LogP contribution in [0.25, 0.3) is 10.9 Å². The Morgan fingerprint density at radius 3 is 2.71 bits per heavy atom. The highest BCUT2D eigenvalue weighted by molar-refractivity contribution is 6.35. The molecule has 2 aromatic heterocycles. The number of nitrogens with zero attached hydrogens (tertiary/aromatic N) is 4. The molecule has 1 aliphatic heterocycles. The zero-order valence-corrected chi connectivity index (χ0v) is 17.1. The van der Waals surface area contributed by atoms with Crippen molar-refractivity contribution in [1.29, 1.82) is 0 Å². The van der Waals surface area contributed by atoms with Crippen LogP contribution < -0.4 is 5.73 Å². The summed E-state index contributed by atoms with van der Waals surface area (Å²) in [5, 5.41) is 5.11. The van der Waals surface area contributed by atoms with Crippen LogP contribution in [0.15, 0.2) is 6.20 Å². The number of halogens is 1. The van der Waals surface area contributed by atoms with Gasteiger partial charge in [0.05, 0.1) is 35.3 Å². The van der Waals surface area contributed by atoms with E-state index in [0.29, 0.717) is 29.0 Å². The van der Waals surface area contributed by atoms with Crippen LogP contribution in [0.1, 0.15) is 50.1 Å². The van der Waals surface area contributed by atoms with E-state index < -0.39 is 11.6 Å². The van der Waals surface area contributed by atoms with Gasteiger partial charge in [0.25, 0.3) is 0 Å². The number of aromatic nitrogens is 3. The fourth-order valence-corrected chi connectivity index (χ4v) is 3.54. The summed E-state index contributed by atoms with van der Waals surface area (Å²) in [6.45, 7) is 6.44. The lowest BCUT2D eigenvalue weighted by atomic mass is 10.1. The van der Waals surface area contributed by atoms with E-state index in [9.17, 15) is 9.59 Å². The van der Waals surface area contributed by atoms with Crippen molar-refractivity contribution in [1.82, 2.24) is 19.7 Å². The second-order valence-corrected chi connectivity index (χ2v) is 8.13. The molecule has 0 aromatic carbocycles. The Balaban J connectivity index is 2.00. The van der Waals surface area contributed by atoms with Gasteiger partial charge in [0.15, 0.2) is 5.69 Å². The van der Waals surface area contributed by atoms with Crippen molar-refractivity contribution in [3.05, 3.63) is 16.9 Å². The number of anilines is 1. The number of carbonyl (C=O) groups is 2. The van der Waals surface area contributed by atoms with Crippen molar-refractivity contribution >= 4 is 40.4 Å². The normalized spacial score (nSPS) is 17.6. The maximum atomic E-state index is 12.5. The van der Waals surface area contributed by atoms with E-state index in [4.69, 9.17) is 26.8 Å². The molecule has 9 nitrogen and oxygen atoms in total. The lowest BCUT2D eigenvalue weighted by molar-refractivity contribution is 0.0168. The first-order chi connectivity index (χ1) is 13.1. The molecule has 1 saturated heterocycles. The molecule has 1 atom stereocenters. The summed E-state index contributed by atoms with van der Waals surface area (Å²) >= 11 is 6.36. The van der Waals surface area contributed by atoms with Gasteiger partial charge in [0.2, 0.25) is 0 Å². The highest BCUT2D eigenvalue weighted by atomic mass is 35.5. The summed E-state index contributed by atoms with van der Waals surface area (Å²) in [7, 11) is 1.27. The molecule has 152 valence electrons. The minimum atomic E-state index is -0.626. The second-order valence-electron chi connectivity index (χ2n) is 7.72. The average molecular weight is 410 g/mol. The second kappa shape index (κ2) is 7.46. The minimum absolute atomic E-state index is 0.0550. The van der Waals surface area contributed by atoms with Crippen LogP contribution in [0, 0.1) is 0 Å². The highest BCUT2D eigenvalue weighted by Gasteiger charge is 2.32. The summed E-state index contributed by atoms with van der Waals surface area (Å²) in [5.74, 6) is -0.481. The molecule has 28 heavy (non-hydrogen) atoms. The van der Waals surface area contributed by atoms with E-state index >= 15 is 0 Å². The van der Waals surface area contributed by atoms with Gasteiger partial charge >= 0.3 is 12.1 Å². The van der Waals surface area contributed by atoms with Gasteiger partial charge in [-0.15, -0.1) is 0 Å². The first kappa shape index (κ1) is 20.2. The molecule has 1 aliphatic rings. The molecule has 0 bridgehead atoms. The molecule has 0 unspecified atom stereocenters. The minimum Gasteiger partial charge on any atom is -0.464 e. The van der Waals surface area contributed by atoms with Crippen LogP contribution in [0.2, 0.25) is 5.02 Å². The number of likely N-dealkylation sites (tertiary alicyclic amines) is 1. The standard InChI is InChI=1S/C18H24ClN5O4/c1-18(2,3)28-17(26)23-7-5-6-10(9-23)24-14-11(19)8-21-15(20)12(14)13(22-24)16(25)27-4/h8,10H,5-7,9H2,1-4H3,(H2,20,21)/t10-/m1/s1. The average Bonchev–Trinajstić information content (AvgIpc) is 3.05. The molecule has 0 radical (unpaired) electrons. The van der Waals surface area contributed by atoms with Crippen molar-refractivity contribution in [3.63, 3.8) is 0 Å². The van der Waals surface area contributed by atoms with Crippen molar-refractivity contribution in [2.75, 3.05) is 25.9 Å². The third kappa shape index (κ3) is 3.84. The topological polar surface area (TPSA) is 113 Å². The smallest absolute Gasteiger partial charge is 0.410 e. The number of hydrogen-bond donors (Lipinski definition) is 1. The van der Waals surface area contributed by atoms with Gasteiger partial charge in [0.1, 0.15) is 11.4 Å². The van der Waals surface area contributed by atoms with Crippen LogP contribution in [-0.2, 0) is 9.47 Å². The number of ether oxygens (including phenoxy) is 2. The van der Waals surface area contributed by atoms with Gasteiger partial charge in [0, 0.05) is 13.1 Å². The number of carbonyl (C=O) groups excluding carboxylic acids is 2. The molecule has 2 N–H and O–H groups in total. The van der Waals surface area contributed by atoms with Crippen LogP contribution in [0.4, 0.5) is 10.6 Å². The first-order valence-corrected chi connectivity index (χ1v) is 9.38. The van der Waals surface area contributed by atoms with E-state index in [1.54, 1.807) is 9.58 Å². The van der Waals surface area contributed by atoms with Crippen LogP contribution in [-0.4, -0.2) is 57.5 Å². The molecule has 3 rings (SSSR count). The van der Waals surface area contributed by atoms with E-state index in [2.05, 4.69) is 10.1 Å². The Morgan fingerprint density at radius 1 is 1.36 bits per heavy atom. The molecule has 10 heteroatoms. The van der Waals surface area contributed by atoms with Crippen molar-refractivity contribution in [3.8, 4) is 0 Å². The lowest BCUT2D eigenvalue weighted by Crippen LogP contribution is -2.43. The number of nitrogens with two attached hydrogens (primary N) is 1. The van der Waals surface area contributed by atoms with E-state index in [0.717, 1.165) is 12.8 Å². The largest absolute Gasteiger partial charge is 0.464 e. The number of methoxy groups -OCH3 is 1. The number of pyridine rings is 1. The Bertz CT molecular complexity index is 921. The highest BCUT2D eigenvalue weighted by Crippen LogP contribution is 2.34. The predicted molar refractivity (Wildman–Crippen MR) is 104 cm³/mol. The fourth-order valence-electron chi connectivity index (χ4n) is 3.31. The number of esters is 1. The van der Waals surface area contributed by atoms with Crippen LogP contribution in [0.5, 0.6) is 0 Å². The summed E-state index contributed by atoms with van der Waals surface area (Å²) in [6, 6.07) is -0.193. The van der Waals surface area contributed by atoms with Gasteiger partial charge in [-0.2, -0.15) is 5.10 Å². The quantitative estimate of drug-likeness (QED) is 0.758. The molecule has 0 saturated carbocycles. The maximum absolute atomic E-state index is 12.5. The van der Waals surface area contributed by atoms with Gasteiger partial charge in [-0.05, 0) is 33.6 Å². The fraction of sp³-hybridized carbons (Fsp3) is 0.556. The Morgan fingerprint density at radius 2 is 2.07 bits per heavy atom. The Kier molecular flexibility index (Phi) is 5.38. The van der Waals surface area contributed by atoms with Crippen molar-refractivity contribution in [2.24, 2.45) is 0 Å². The first-order valence-electron chi connectivity index (χ1n) is 9.00. The summed E-state index contributed by atoms with van der Waals surface area (Å²) in [4.78, 5) is 30.4. The molecule has 3 heterocycles. The molecule has 0 aliphatic carbocycles. The summed E-state index contributed by atoms with van der Waals surface area (Å²) in [5.41, 5.74) is 5.97. The Labute approximate surface area is 167 Å². The van der Waals surface area contributed by atoms with E-state index in [1.165, 1.54) is 13.3 Å². The SMILES string of the molecule is COC(=O)c1nn([C@@H]2CCCN(C(=O)OC(C)(C)C)C2)c2c(Cl)cnc(N)c12. The zero-order chi connectivity index (χ0) is 20.6. The van der Waals surface area contributed by atoms with Crippen molar-refractivity contribution in [2.45, 2.75) is 45.3 Å². The lowest BCUT2D eigenvalue weighted by Gasteiger charge is -2.34.